The monoisotopic (exact) mass is 370 g/mol. The standard InChI is InChI=1S/C18H24F2N2O4/c1-12(23)11-25-13-9-14(19)16(15(20)10-13)21-5-7-22(8-6-21)17(24)26-18(2,3)4/h9-10H,5-8,11H2,1-4H3. The third-order valence-corrected chi connectivity index (χ3v) is 3.68. The second kappa shape index (κ2) is 7.88. The van der Waals surface area contributed by atoms with Crippen LogP contribution < -0.4 is 9.64 Å². The van der Waals surface area contributed by atoms with Crippen molar-refractivity contribution in [2.45, 2.75) is 33.3 Å². The van der Waals surface area contributed by atoms with Crippen molar-refractivity contribution < 1.29 is 27.8 Å². The van der Waals surface area contributed by atoms with Crippen LogP contribution in [0.2, 0.25) is 0 Å². The second-order valence-corrected chi connectivity index (χ2v) is 7.18. The van der Waals surface area contributed by atoms with E-state index in [1.807, 2.05) is 0 Å². The summed E-state index contributed by atoms with van der Waals surface area (Å²) < 4.78 is 39.0. The molecule has 1 saturated heterocycles. The molecule has 26 heavy (non-hydrogen) atoms. The molecule has 1 aromatic carbocycles. The van der Waals surface area contributed by atoms with Crippen LogP contribution in [-0.2, 0) is 9.53 Å². The lowest BCUT2D eigenvalue weighted by Crippen LogP contribution is -2.50. The fraction of sp³-hybridized carbons (Fsp3) is 0.556. The lowest BCUT2D eigenvalue weighted by molar-refractivity contribution is -0.118. The molecule has 0 N–H and O–H groups in total. The number of anilines is 1. The van der Waals surface area contributed by atoms with E-state index >= 15 is 0 Å². The molecule has 0 aliphatic carbocycles. The molecule has 0 saturated carbocycles. The Morgan fingerprint density at radius 3 is 2.08 bits per heavy atom. The highest BCUT2D eigenvalue weighted by atomic mass is 19.1. The van der Waals surface area contributed by atoms with Gasteiger partial charge in [-0.15, -0.1) is 0 Å². The minimum absolute atomic E-state index is 0.0358. The summed E-state index contributed by atoms with van der Waals surface area (Å²) in [7, 11) is 0. The van der Waals surface area contributed by atoms with Crippen LogP contribution in [0.15, 0.2) is 12.1 Å². The number of benzene rings is 1. The molecular formula is C18H24F2N2O4. The molecule has 8 heteroatoms. The topological polar surface area (TPSA) is 59.1 Å². The molecule has 1 heterocycles. The lowest BCUT2D eigenvalue weighted by Gasteiger charge is -2.37. The van der Waals surface area contributed by atoms with Crippen LogP contribution in [0.4, 0.5) is 19.3 Å². The van der Waals surface area contributed by atoms with E-state index in [2.05, 4.69) is 0 Å². The van der Waals surface area contributed by atoms with Crippen molar-refractivity contribution in [1.29, 1.82) is 0 Å². The maximum atomic E-state index is 14.3. The Morgan fingerprint density at radius 1 is 1.08 bits per heavy atom. The maximum Gasteiger partial charge on any atom is 0.410 e. The van der Waals surface area contributed by atoms with Crippen LogP contribution in [-0.4, -0.2) is 55.2 Å². The second-order valence-electron chi connectivity index (χ2n) is 7.18. The van der Waals surface area contributed by atoms with E-state index in [1.54, 1.807) is 25.7 Å². The zero-order valence-corrected chi connectivity index (χ0v) is 15.5. The number of carbonyl (C=O) groups excluding carboxylic acids is 2. The van der Waals surface area contributed by atoms with Gasteiger partial charge in [-0.1, -0.05) is 0 Å². The van der Waals surface area contributed by atoms with E-state index in [-0.39, 0.29) is 36.9 Å². The van der Waals surface area contributed by atoms with Crippen LogP contribution in [0, 0.1) is 11.6 Å². The summed E-state index contributed by atoms with van der Waals surface area (Å²) in [6.45, 7) is 7.58. The fourth-order valence-electron chi connectivity index (χ4n) is 2.55. The van der Waals surface area contributed by atoms with Gasteiger partial charge in [-0.2, -0.15) is 0 Å². The van der Waals surface area contributed by atoms with Crippen LogP contribution in [0.5, 0.6) is 5.75 Å². The number of amides is 1. The Bertz CT molecular complexity index is 657. The van der Waals surface area contributed by atoms with E-state index in [0.29, 0.717) is 13.1 Å². The quantitative estimate of drug-likeness (QED) is 0.816. The van der Waals surface area contributed by atoms with Crippen molar-refractivity contribution in [2.24, 2.45) is 0 Å². The number of hydrogen-bond donors (Lipinski definition) is 0. The molecule has 1 amide bonds. The van der Waals surface area contributed by atoms with Gasteiger partial charge in [-0.3, -0.25) is 4.79 Å². The summed E-state index contributed by atoms with van der Waals surface area (Å²) in [5.74, 6) is -1.82. The van der Waals surface area contributed by atoms with Gasteiger partial charge >= 0.3 is 6.09 Å². The van der Waals surface area contributed by atoms with Crippen molar-refractivity contribution in [3.8, 4) is 5.75 Å². The minimum Gasteiger partial charge on any atom is -0.486 e. The number of carbonyl (C=O) groups is 2. The Balaban J connectivity index is 2.02. The zero-order valence-electron chi connectivity index (χ0n) is 15.5. The van der Waals surface area contributed by atoms with Crippen LogP contribution in [0.3, 0.4) is 0 Å². The van der Waals surface area contributed by atoms with Crippen LogP contribution in [0.1, 0.15) is 27.7 Å². The maximum absolute atomic E-state index is 14.3. The minimum atomic E-state index is -0.769. The Morgan fingerprint density at radius 2 is 1.62 bits per heavy atom. The van der Waals surface area contributed by atoms with E-state index in [1.165, 1.54) is 11.8 Å². The number of ketones is 1. The molecule has 0 unspecified atom stereocenters. The van der Waals surface area contributed by atoms with Gasteiger partial charge in [0, 0.05) is 38.3 Å². The number of hydrogen-bond acceptors (Lipinski definition) is 5. The molecule has 1 fully saturated rings. The first-order valence-electron chi connectivity index (χ1n) is 8.41. The predicted octanol–water partition coefficient (Wildman–Crippen LogP) is 2.99. The smallest absolute Gasteiger partial charge is 0.410 e. The highest BCUT2D eigenvalue weighted by Gasteiger charge is 2.28. The van der Waals surface area contributed by atoms with Gasteiger partial charge in [0.25, 0.3) is 0 Å². The van der Waals surface area contributed by atoms with Crippen LogP contribution >= 0.6 is 0 Å². The number of ether oxygens (including phenoxy) is 2. The SMILES string of the molecule is CC(=O)COc1cc(F)c(N2CCN(C(=O)OC(C)(C)C)CC2)c(F)c1. The Labute approximate surface area is 151 Å². The first kappa shape index (κ1) is 19.9. The van der Waals surface area contributed by atoms with Crippen molar-refractivity contribution in [3.05, 3.63) is 23.8 Å². The average molecular weight is 370 g/mol. The Hall–Kier alpha value is -2.38. The largest absolute Gasteiger partial charge is 0.486 e. The molecule has 1 aliphatic heterocycles. The molecule has 6 nitrogen and oxygen atoms in total. The van der Waals surface area contributed by atoms with Gasteiger partial charge in [0.15, 0.2) is 17.4 Å². The van der Waals surface area contributed by atoms with Crippen molar-refractivity contribution in [2.75, 3.05) is 37.7 Å². The first-order chi connectivity index (χ1) is 12.1. The summed E-state index contributed by atoms with van der Waals surface area (Å²) in [4.78, 5) is 26.0. The van der Waals surface area contributed by atoms with Crippen molar-refractivity contribution >= 4 is 17.6 Å². The summed E-state index contributed by atoms with van der Waals surface area (Å²) in [5.41, 5.74) is -0.758. The molecule has 0 aromatic heterocycles. The van der Waals surface area contributed by atoms with Crippen molar-refractivity contribution in [1.82, 2.24) is 4.90 Å². The first-order valence-corrected chi connectivity index (χ1v) is 8.41. The fourth-order valence-corrected chi connectivity index (χ4v) is 2.55. The number of halogens is 2. The molecule has 144 valence electrons. The third kappa shape index (κ3) is 5.31. The molecule has 0 bridgehead atoms. The van der Waals surface area contributed by atoms with Gasteiger partial charge < -0.3 is 19.3 Å². The number of Topliss-reactive ketones (excluding diaryl/α,β-unsaturated/α-hetero) is 1. The molecule has 0 spiro atoms. The average Bonchev–Trinajstić information content (AvgIpc) is 2.51. The van der Waals surface area contributed by atoms with Gasteiger partial charge in [-0.25, -0.2) is 13.6 Å². The third-order valence-electron chi connectivity index (χ3n) is 3.68. The Kier molecular flexibility index (Phi) is 6.05. The number of rotatable bonds is 4. The molecule has 0 atom stereocenters. The van der Waals surface area contributed by atoms with E-state index in [0.717, 1.165) is 12.1 Å². The summed E-state index contributed by atoms with van der Waals surface area (Å²) in [6.07, 6.45) is -0.439. The lowest BCUT2D eigenvalue weighted by atomic mass is 10.2. The molecule has 1 aliphatic rings. The van der Waals surface area contributed by atoms with Gasteiger partial charge in [0.1, 0.15) is 23.6 Å². The zero-order chi connectivity index (χ0) is 19.5. The highest BCUT2D eigenvalue weighted by Crippen LogP contribution is 2.29. The summed E-state index contributed by atoms with van der Waals surface area (Å²) in [5, 5.41) is 0. The van der Waals surface area contributed by atoms with E-state index < -0.39 is 23.3 Å². The van der Waals surface area contributed by atoms with Gasteiger partial charge in [0.05, 0.1) is 0 Å². The molecule has 0 radical (unpaired) electrons. The predicted molar refractivity (Wildman–Crippen MR) is 92.6 cm³/mol. The van der Waals surface area contributed by atoms with E-state index in [9.17, 15) is 18.4 Å². The summed E-state index contributed by atoms with van der Waals surface area (Å²) >= 11 is 0. The normalized spacial score (nSPS) is 15.0. The number of nitrogens with zero attached hydrogens (tertiary/aromatic N) is 2. The summed E-state index contributed by atoms with van der Waals surface area (Å²) in [6, 6.07) is 2.11. The molecular weight excluding hydrogens is 346 g/mol. The van der Waals surface area contributed by atoms with Crippen LogP contribution in [0.25, 0.3) is 0 Å². The highest BCUT2D eigenvalue weighted by molar-refractivity contribution is 5.77. The number of piperazine rings is 1. The van der Waals surface area contributed by atoms with Gasteiger partial charge in [-0.05, 0) is 27.7 Å². The molecule has 1 aromatic rings. The van der Waals surface area contributed by atoms with E-state index in [4.69, 9.17) is 9.47 Å². The molecule has 2 rings (SSSR count). The van der Waals surface area contributed by atoms with Gasteiger partial charge in [0.2, 0.25) is 0 Å². The van der Waals surface area contributed by atoms with Crippen molar-refractivity contribution in [3.63, 3.8) is 0 Å².